The van der Waals surface area contributed by atoms with E-state index >= 15 is 0 Å². The molecule has 0 saturated carbocycles. The van der Waals surface area contributed by atoms with Crippen molar-refractivity contribution in [3.05, 3.63) is 35.9 Å². The average molecular weight is 325 g/mol. The van der Waals surface area contributed by atoms with Crippen LogP contribution in [0.4, 0.5) is 4.79 Å². The number of likely N-dealkylation sites (tertiary alicyclic amines) is 1. The van der Waals surface area contributed by atoms with Crippen LogP contribution >= 0.6 is 11.6 Å². The van der Waals surface area contributed by atoms with Crippen molar-refractivity contribution in [3.63, 3.8) is 0 Å². The van der Waals surface area contributed by atoms with Crippen molar-refractivity contribution in [2.75, 3.05) is 25.5 Å². The minimum atomic E-state index is -0.426. The highest BCUT2D eigenvalue weighted by Gasteiger charge is 2.23. The minimum absolute atomic E-state index is 0.0132. The van der Waals surface area contributed by atoms with Crippen molar-refractivity contribution >= 4 is 23.6 Å². The molecule has 0 bridgehead atoms. The molecule has 0 unspecified atom stereocenters. The Balaban J connectivity index is 1.68. The lowest BCUT2D eigenvalue weighted by molar-refractivity contribution is -0.130. The summed E-state index contributed by atoms with van der Waals surface area (Å²) in [5.74, 6) is 0.224. The summed E-state index contributed by atoms with van der Waals surface area (Å²) in [5, 5.41) is 2.77. The number of ether oxygens (including phenoxy) is 1. The van der Waals surface area contributed by atoms with Gasteiger partial charge in [0.05, 0.1) is 0 Å². The maximum absolute atomic E-state index is 11.7. The number of piperidine rings is 1. The number of nitrogens with one attached hydrogen (secondary N) is 1. The van der Waals surface area contributed by atoms with Gasteiger partial charge >= 0.3 is 6.09 Å². The Hall–Kier alpha value is -1.75. The zero-order valence-corrected chi connectivity index (χ0v) is 13.2. The smallest absolute Gasteiger partial charge is 0.407 e. The molecule has 120 valence electrons. The van der Waals surface area contributed by atoms with E-state index in [1.54, 1.807) is 4.90 Å². The van der Waals surface area contributed by atoms with Gasteiger partial charge in [0, 0.05) is 19.6 Å². The van der Waals surface area contributed by atoms with E-state index in [-0.39, 0.29) is 24.3 Å². The monoisotopic (exact) mass is 324 g/mol. The van der Waals surface area contributed by atoms with Crippen LogP contribution in [0.3, 0.4) is 0 Å². The predicted molar refractivity (Wildman–Crippen MR) is 84.7 cm³/mol. The van der Waals surface area contributed by atoms with Crippen LogP contribution in [-0.4, -0.2) is 42.4 Å². The summed E-state index contributed by atoms with van der Waals surface area (Å²) in [5.41, 5.74) is 0.953. The summed E-state index contributed by atoms with van der Waals surface area (Å²) in [4.78, 5) is 25.0. The molecule has 1 aliphatic rings. The third-order valence-corrected chi connectivity index (χ3v) is 3.96. The van der Waals surface area contributed by atoms with Crippen molar-refractivity contribution in [2.24, 2.45) is 5.92 Å². The van der Waals surface area contributed by atoms with Gasteiger partial charge in [-0.25, -0.2) is 4.79 Å². The minimum Gasteiger partial charge on any atom is -0.445 e. The number of halogens is 1. The lowest BCUT2D eigenvalue weighted by Gasteiger charge is -2.32. The second kappa shape index (κ2) is 8.63. The normalized spacial score (nSPS) is 17.9. The van der Waals surface area contributed by atoms with Gasteiger partial charge in [0.15, 0.2) is 0 Å². The second-order valence-corrected chi connectivity index (χ2v) is 5.69. The van der Waals surface area contributed by atoms with Gasteiger partial charge in [-0.05, 0) is 24.3 Å². The van der Waals surface area contributed by atoms with Crippen LogP contribution < -0.4 is 5.32 Å². The number of nitrogens with zero attached hydrogens (tertiary/aromatic N) is 1. The van der Waals surface area contributed by atoms with E-state index in [0.29, 0.717) is 13.1 Å². The first-order valence-electron chi connectivity index (χ1n) is 7.47. The molecule has 0 aliphatic carbocycles. The van der Waals surface area contributed by atoms with Gasteiger partial charge in [-0.1, -0.05) is 30.3 Å². The Morgan fingerprint density at radius 1 is 1.32 bits per heavy atom. The molecule has 0 spiro atoms. The van der Waals surface area contributed by atoms with Crippen LogP contribution in [0.15, 0.2) is 30.3 Å². The van der Waals surface area contributed by atoms with E-state index in [9.17, 15) is 9.59 Å². The molecule has 0 aromatic heterocycles. The highest BCUT2D eigenvalue weighted by molar-refractivity contribution is 6.27. The molecule has 1 heterocycles. The highest BCUT2D eigenvalue weighted by atomic mass is 35.5. The fraction of sp³-hybridized carbons (Fsp3) is 0.500. The molecule has 1 aromatic carbocycles. The number of carbonyl (C=O) groups is 2. The number of amides is 2. The molecule has 1 N–H and O–H groups in total. The molecule has 0 radical (unpaired) electrons. The summed E-state index contributed by atoms with van der Waals surface area (Å²) >= 11 is 5.58. The Morgan fingerprint density at radius 2 is 2.09 bits per heavy atom. The zero-order chi connectivity index (χ0) is 15.8. The van der Waals surface area contributed by atoms with Crippen LogP contribution in [0.5, 0.6) is 0 Å². The number of benzene rings is 1. The maximum Gasteiger partial charge on any atom is 0.407 e. The Labute approximate surface area is 135 Å². The Kier molecular flexibility index (Phi) is 6.52. The SMILES string of the molecule is O=C(NC[C@H]1CCCN(C(=O)CCl)C1)OCc1ccccc1. The third-order valence-electron chi connectivity index (χ3n) is 3.73. The predicted octanol–water partition coefficient (Wildman–Crippen LogP) is 2.39. The Morgan fingerprint density at radius 3 is 2.82 bits per heavy atom. The average Bonchev–Trinajstić information content (AvgIpc) is 2.58. The van der Waals surface area contributed by atoms with Crippen LogP contribution in [0.2, 0.25) is 0 Å². The van der Waals surface area contributed by atoms with Crippen LogP contribution in [0, 0.1) is 5.92 Å². The van der Waals surface area contributed by atoms with E-state index in [2.05, 4.69) is 5.32 Å². The fourth-order valence-corrected chi connectivity index (χ4v) is 2.71. The maximum atomic E-state index is 11.7. The number of hydrogen-bond donors (Lipinski definition) is 1. The highest BCUT2D eigenvalue weighted by Crippen LogP contribution is 2.16. The van der Waals surface area contributed by atoms with Gasteiger partial charge in [0.1, 0.15) is 12.5 Å². The van der Waals surface area contributed by atoms with Crippen LogP contribution in [0.1, 0.15) is 18.4 Å². The van der Waals surface area contributed by atoms with E-state index in [1.807, 2.05) is 30.3 Å². The van der Waals surface area contributed by atoms with Gasteiger partial charge in [-0.2, -0.15) is 0 Å². The number of hydrogen-bond acceptors (Lipinski definition) is 3. The first-order chi connectivity index (χ1) is 10.7. The first-order valence-corrected chi connectivity index (χ1v) is 8.00. The Bertz CT molecular complexity index is 495. The van der Waals surface area contributed by atoms with E-state index in [4.69, 9.17) is 16.3 Å². The molecule has 1 aromatic rings. The zero-order valence-electron chi connectivity index (χ0n) is 12.5. The molecule has 1 saturated heterocycles. The van der Waals surface area contributed by atoms with Gasteiger partial charge < -0.3 is 15.0 Å². The third kappa shape index (κ3) is 5.22. The van der Waals surface area contributed by atoms with E-state index in [1.165, 1.54) is 0 Å². The van der Waals surface area contributed by atoms with Gasteiger partial charge in [-0.15, -0.1) is 11.6 Å². The lowest BCUT2D eigenvalue weighted by Crippen LogP contribution is -2.44. The van der Waals surface area contributed by atoms with Gasteiger partial charge in [0.2, 0.25) is 5.91 Å². The van der Waals surface area contributed by atoms with Crippen molar-refractivity contribution in [1.82, 2.24) is 10.2 Å². The molecule has 1 fully saturated rings. The molecule has 2 rings (SSSR count). The molecule has 5 nitrogen and oxygen atoms in total. The molecular weight excluding hydrogens is 304 g/mol. The largest absolute Gasteiger partial charge is 0.445 e. The lowest BCUT2D eigenvalue weighted by atomic mass is 9.98. The molecule has 22 heavy (non-hydrogen) atoms. The van der Waals surface area contributed by atoms with Crippen molar-refractivity contribution in [2.45, 2.75) is 19.4 Å². The summed E-state index contributed by atoms with van der Waals surface area (Å²) in [7, 11) is 0. The number of rotatable bonds is 5. The molecule has 1 atom stereocenters. The topological polar surface area (TPSA) is 58.6 Å². The first kappa shape index (κ1) is 16.6. The standard InChI is InChI=1S/C16H21ClN2O3/c17-9-15(20)19-8-4-7-14(11-19)10-18-16(21)22-12-13-5-2-1-3-6-13/h1-3,5-6,14H,4,7-12H2,(H,18,21)/t14-/m1/s1. The molecule has 2 amide bonds. The fourth-order valence-electron chi connectivity index (χ4n) is 2.54. The van der Waals surface area contributed by atoms with Crippen LogP contribution in [-0.2, 0) is 16.1 Å². The quantitative estimate of drug-likeness (QED) is 0.846. The second-order valence-electron chi connectivity index (χ2n) is 5.42. The van der Waals surface area contributed by atoms with Crippen molar-refractivity contribution in [1.29, 1.82) is 0 Å². The van der Waals surface area contributed by atoms with Crippen molar-refractivity contribution in [3.8, 4) is 0 Å². The molecular formula is C16H21ClN2O3. The van der Waals surface area contributed by atoms with Crippen molar-refractivity contribution < 1.29 is 14.3 Å². The van der Waals surface area contributed by atoms with Gasteiger partial charge in [-0.3, -0.25) is 4.79 Å². The molecule has 1 aliphatic heterocycles. The number of carbonyl (C=O) groups excluding carboxylic acids is 2. The number of alkyl halides is 1. The van der Waals surface area contributed by atoms with Gasteiger partial charge in [0.25, 0.3) is 0 Å². The summed E-state index contributed by atoms with van der Waals surface area (Å²) in [6.07, 6.45) is 1.50. The van der Waals surface area contributed by atoms with E-state index in [0.717, 1.165) is 24.9 Å². The summed E-state index contributed by atoms with van der Waals surface area (Å²) in [6, 6.07) is 9.54. The summed E-state index contributed by atoms with van der Waals surface area (Å²) < 4.78 is 5.16. The van der Waals surface area contributed by atoms with Crippen LogP contribution in [0.25, 0.3) is 0 Å². The number of alkyl carbamates (subject to hydrolysis) is 1. The van der Waals surface area contributed by atoms with E-state index < -0.39 is 6.09 Å². The summed E-state index contributed by atoms with van der Waals surface area (Å²) in [6.45, 7) is 2.17. The molecule has 6 heteroatoms.